The average molecular weight is 597 g/mol. The first-order valence-electron chi connectivity index (χ1n) is 13.8. The van der Waals surface area contributed by atoms with E-state index in [0.717, 1.165) is 28.2 Å². The molecule has 4 aromatic rings. The Morgan fingerprint density at radius 3 is 2.37 bits per heavy atom. The summed E-state index contributed by atoms with van der Waals surface area (Å²) >= 11 is 1.51. The normalized spacial score (nSPS) is 17.7. The van der Waals surface area contributed by atoms with Crippen LogP contribution in [0.5, 0.6) is 0 Å². The number of rotatable bonds is 8. The Labute approximate surface area is 251 Å². The van der Waals surface area contributed by atoms with Gasteiger partial charge in [0.1, 0.15) is 22.8 Å². The second-order valence-electron chi connectivity index (χ2n) is 10.3. The van der Waals surface area contributed by atoms with Crippen molar-refractivity contribution in [2.45, 2.75) is 31.8 Å². The van der Waals surface area contributed by atoms with Gasteiger partial charge in [0.25, 0.3) is 5.91 Å². The number of thiazole rings is 1. The summed E-state index contributed by atoms with van der Waals surface area (Å²) in [7, 11) is 0. The maximum atomic E-state index is 13.0. The number of carbonyl (C=O) groups excluding carboxylic acids is 4. The van der Waals surface area contributed by atoms with Crippen LogP contribution in [-0.4, -0.2) is 64.2 Å². The fourth-order valence-corrected chi connectivity index (χ4v) is 6.10. The number of amides is 3. The highest BCUT2D eigenvalue weighted by atomic mass is 32.1. The maximum absolute atomic E-state index is 13.0. The van der Waals surface area contributed by atoms with Crippen molar-refractivity contribution in [1.29, 1.82) is 0 Å². The lowest BCUT2D eigenvalue weighted by Crippen LogP contribution is -2.42. The third kappa shape index (κ3) is 5.95. The molecule has 12 heteroatoms. The fraction of sp³-hybridized carbons (Fsp3) is 0.226. The molecule has 3 amide bonds. The predicted molar refractivity (Wildman–Crippen MR) is 163 cm³/mol. The van der Waals surface area contributed by atoms with Crippen LogP contribution in [0.25, 0.3) is 21.8 Å². The molecule has 2 aliphatic rings. The number of hydrogen-bond donors (Lipinski definition) is 2. The summed E-state index contributed by atoms with van der Waals surface area (Å²) in [6.45, 7) is 2.57. The van der Waals surface area contributed by atoms with Gasteiger partial charge < -0.3 is 25.0 Å². The van der Waals surface area contributed by atoms with E-state index in [9.17, 15) is 19.2 Å². The van der Waals surface area contributed by atoms with Crippen LogP contribution in [0.2, 0.25) is 0 Å². The third-order valence-electron chi connectivity index (χ3n) is 7.46. The first-order valence-corrected chi connectivity index (χ1v) is 14.7. The van der Waals surface area contributed by atoms with E-state index in [1.165, 1.54) is 24.3 Å². The summed E-state index contributed by atoms with van der Waals surface area (Å²) in [5.41, 5.74) is 4.11. The Morgan fingerprint density at radius 2 is 1.70 bits per heavy atom. The summed E-state index contributed by atoms with van der Waals surface area (Å²) in [6, 6.07) is 15.4. The van der Waals surface area contributed by atoms with E-state index >= 15 is 0 Å². The van der Waals surface area contributed by atoms with Gasteiger partial charge in [-0.05, 0) is 49.2 Å². The van der Waals surface area contributed by atoms with Crippen molar-refractivity contribution in [3.8, 4) is 21.8 Å². The number of nitrogens with one attached hydrogen (secondary N) is 2. The Balaban J connectivity index is 1.07. The summed E-state index contributed by atoms with van der Waals surface area (Å²) in [5, 5.41) is 12.3. The molecule has 43 heavy (non-hydrogen) atoms. The molecule has 11 nitrogen and oxygen atoms in total. The van der Waals surface area contributed by atoms with Crippen molar-refractivity contribution < 1.29 is 23.7 Å². The molecule has 0 saturated carbocycles. The Bertz CT molecular complexity index is 1690. The van der Waals surface area contributed by atoms with Gasteiger partial charge in [0.05, 0.1) is 5.69 Å². The molecule has 218 valence electrons. The number of hydrogen-bond acceptors (Lipinski definition) is 9. The van der Waals surface area contributed by atoms with E-state index in [1.807, 2.05) is 60.0 Å². The Hall–Kier alpha value is -5.10. The van der Waals surface area contributed by atoms with Crippen molar-refractivity contribution in [1.82, 2.24) is 15.0 Å². The zero-order valence-electron chi connectivity index (χ0n) is 23.2. The lowest BCUT2D eigenvalue weighted by molar-refractivity contribution is -0.134. The van der Waals surface area contributed by atoms with Gasteiger partial charge in [-0.3, -0.25) is 19.2 Å². The number of aromatic nitrogens is 2. The first kappa shape index (κ1) is 28.0. The van der Waals surface area contributed by atoms with E-state index in [1.54, 1.807) is 15.9 Å². The lowest BCUT2D eigenvalue weighted by Gasteiger charge is -2.22. The molecule has 1 fully saturated rings. The van der Waals surface area contributed by atoms with Gasteiger partial charge >= 0.3 is 0 Å². The summed E-state index contributed by atoms with van der Waals surface area (Å²) in [6.07, 6.45) is 5.73. The van der Waals surface area contributed by atoms with Gasteiger partial charge in [-0.25, -0.2) is 4.98 Å². The molecule has 2 N–H and O–H groups in total. The number of carbonyl (C=O) groups is 4. The van der Waals surface area contributed by atoms with Crippen LogP contribution >= 0.6 is 11.3 Å². The summed E-state index contributed by atoms with van der Waals surface area (Å²) < 4.78 is 5.21. The molecule has 2 aliphatic heterocycles. The van der Waals surface area contributed by atoms with Gasteiger partial charge in [0.2, 0.25) is 17.7 Å². The fourth-order valence-electron chi connectivity index (χ4n) is 5.26. The molecule has 4 heterocycles. The van der Waals surface area contributed by atoms with Gasteiger partial charge in [0.15, 0.2) is 6.29 Å². The molecule has 0 bridgehead atoms. The molecule has 2 aromatic carbocycles. The van der Waals surface area contributed by atoms with E-state index in [-0.39, 0.29) is 23.4 Å². The van der Waals surface area contributed by atoms with Crippen molar-refractivity contribution in [3.63, 3.8) is 0 Å². The highest BCUT2D eigenvalue weighted by Gasteiger charge is 2.32. The minimum Gasteiger partial charge on any atom is -0.338 e. The first-order chi connectivity index (χ1) is 20.9. The van der Waals surface area contributed by atoms with Crippen LogP contribution in [0.1, 0.15) is 30.3 Å². The third-order valence-corrected chi connectivity index (χ3v) is 8.35. The Kier molecular flexibility index (Phi) is 7.84. The molecule has 0 unspecified atom stereocenters. The number of likely N-dealkylation sites (tertiary alicyclic amines) is 1. The number of benzene rings is 2. The molecule has 2 atom stereocenters. The second-order valence-corrected chi connectivity index (χ2v) is 11.1. The molecular weight excluding hydrogens is 568 g/mol. The quantitative estimate of drug-likeness (QED) is 0.222. The largest absolute Gasteiger partial charge is 0.338 e. The highest BCUT2D eigenvalue weighted by molar-refractivity contribution is 7.13. The summed E-state index contributed by atoms with van der Waals surface area (Å²) in [4.78, 5) is 56.6. The molecular formula is C31H28N6O5S. The van der Waals surface area contributed by atoms with E-state index in [0.29, 0.717) is 43.1 Å². The minimum absolute atomic E-state index is 0.0836. The smallest absolute Gasteiger partial charge is 0.251 e. The molecule has 1 saturated heterocycles. The van der Waals surface area contributed by atoms with Gasteiger partial charge in [-0.1, -0.05) is 29.4 Å². The maximum Gasteiger partial charge on any atom is 0.251 e. The van der Waals surface area contributed by atoms with Crippen molar-refractivity contribution >= 4 is 52.6 Å². The molecule has 0 aliphatic carbocycles. The number of aldehydes is 1. The average Bonchev–Trinajstić information content (AvgIpc) is 3.84. The zero-order valence-corrected chi connectivity index (χ0v) is 24.0. The van der Waals surface area contributed by atoms with Crippen molar-refractivity contribution in [2.24, 2.45) is 0 Å². The van der Waals surface area contributed by atoms with Crippen molar-refractivity contribution in [3.05, 3.63) is 77.8 Å². The SMILES string of the molecule is CC(=O)N1CCC[C@H]1C(=O)Nc1ccc(-c2nc(-c3ccc(NC(=O)[C@@H]4C=CCN4c4cc(C=O)no4)cc3)cs2)cc1. The molecule has 6 rings (SSSR count). The van der Waals surface area contributed by atoms with Crippen LogP contribution in [0.15, 0.2) is 76.7 Å². The van der Waals surface area contributed by atoms with Crippen LogP contribution < -0.4 is 15.5 Å². The lowest BCUT2D eigenvalue weighted by atomic mass is 10.1. The van der Waals surface area contributed by atoms with Crippen molar-refractivity contribution in [2.75, 3.05) is 28.6 Å². The standard InChI is InChI=1S/C31H28N6O5S/c1-19(39)36-14-2-4-26(36)29(40)32-23-12-8-21(9-13-23)31-34-25(18-43-31)20-6-10-22(11-7-20)33-30(41)27-5-3-15-37(27)28-16-24(17-38)35-42-28/h3,5-13,16-18,26-27H,2,4,14-15H2,1H3,(H,32,40)(H,33,41)/t26-,27-/m0/s1. The molecule has 0 radical (unpaired) electrons. The van der Waals surface area contributed by atoms with Gasteiger partial charge in [-0.2, -0.15) is 0 Å². The number of nitrogens with zero attached hydrogens (tertiary/aromatic N) is 4. The van der Waals surface area contributed by atoms with E-state index in [2.05, 4.69) is 15.8 Å². The topological polar surface area (TPSA) is 138 Å². The zero-order chi connectivity index (χ0) is 29.9. The van der Waals surface area contributed by atoms with Crippen LogP contribution in [-0.2, 0) is 14.4 Å². The molecule has 2 aromatic heterocycles. The predicted octanol–water partition coefficient (Wildman–Crippen LogP) is 4.61. The van der Waals surface area contributed by atoms with E-state index < -0.39 is 12.1 Å². The van der Waals surface area contributed by atoms with Crippen LogP contribution in [0, 0.1) is 0 Å². The number of anilines is 3. The minimum atomic E-state index is -0.592. The van der Waals surface area contributed by atoms with E-state index in [4.69, 9.17) is 9.51 Å². The summed E-state index contributed by atoms with van der Waals surface area (Å²) in [5.74, 6) is -0.136. The molecule has 0 spiro atoms. The van der Waals surface area contributed by atoms with Crippen LogP contribution in [0.3, 0.4) is 0 Å². The van der Waals surface area contributed by atoms with Gasteiger partial charge in [0, 0.05) is 54.0 Å². The highest BCUT2D eigenvalue weighted by Crippen LogP contribution is 2.31. The second kappa shape index (κ2) is 12.0. The monoisotopic (exact) mass is 596 g/mol. The Morgan fingerprint density at radius 1 is 1.00 bits per heavy atom. The van der Waals surface area contributed by atoms with Crippen LogP contribution in [0.4, 0.5) is 17.3 Å². The van der Waals surface area contributed by atoms with Gasteiger partial charge in [-0.15, -0.1) is 11.3 Å².